The molecule has 2 nitrogen and oxygen atoms in total. The minimum atomic E-state index is -0.277. The van der Waals surface area contributed by atoms with Gasteiger partial charge in [0.05, 0.1) is 11.6 Å². The fraction of sp³-hybridized carbons (Fsp3) is 0.529. The highest BCUT2D eigenvalue weighted by Crippen LogP contribution is 2.29. The number of fused-ring (bicyclic) bond motifs is 1. The third-order valence-electron chi connectivity index (χ3n) is 4.32. The molecule has 1 aromatic heterocycles. The zero-order valence-electron chi connectivity index (χ0n) is 11.7. The average molecular weight is 257 g/mol. The van der Waals surface area contributed by atoms with Crippen LogP contribution in [0.4, 0.5) is 0 Å². The fourth-order valence-corrected chi connectivity index (χ4v) is 3.45. The van der Waals surface area contributed by atoms with Crippen LogP contribution in [0, 0.1) is 5.92 Å². The van der Waals surface area contributed by atoms with Crippen LogP contribution in [0.5, 0.6) is 0 Å². The van der Waals surface area contributed by atoms with Crippen LogP contribution in [0.1, 0.15) is 38.2 Å². The van der Waals surface area contributed by atoms with Crippen LogP contribution in [-0.4, -0.2) is 15.8 Å². The van der Waals surface area contributed by atoms with Crippen molar-refractivity contribution in [1.29, 1.82) is 0 Å². The van der Waals surface area contributed by atoms with Gasteiger partial charge in [-0.25, -0.2) is 0 Å². The summed E-state index contributed by atoms with van der Waals surface area (Å²) in [6, 6.07) is 8.63. The van der Waals surface area contributed by atoms with E-state index in [1.807, 2.05) is 6.92 Å². The average Bonchev–Trinajstić information content (AvgIpc) is 3.00. The van der Waals surface area contributed by atoms with Gasteiger partial charge >= 0.3 is 0 Å². The highest BCUT2D eigenvalue weighted by atomic mass is 16.3. The van der Waals surface area contributed by atoms with E-state index >= 15 is 0 Å². The van der Waals surface area contributed by atoms with E-state index in [1.54, 1.807) is 0 Å². The minimum Gasteiger partial charge on any atom is -0.393 e. The second-order valence-corrected chi connectivity index (χ2v) is 6.03. The van der Waals surface area contributed by atoms with Gasteiger partial charge in [-0.05, 0) is 42.7 Å². The first kappa shape index (κ1) is 12.7. The van der Waals surface area contributed by atoms with Gasteiger partial charge in [0, 0.05) is 19.2 Å². The van der Waals surface area contributed by atoms with E-state index in [9.17, 15) is 5.11 Å². The molecule has 1 aliphatic carbocycles. The quantitative estimate of drug-likeness (QED) is 0.886. The summed E-state index contributed by atoms with van der Waals surface area (Å²) in [7, 11) is 0. The van der Waals surface area contributed by atoms with Crippen LogP contribution >= 0.6 is 0 Å². The largest absolute Gasteiger partial charge is 0.393 e. The van der Waals surface area contributed by atoms with Crippen LogP contribution in [0.3, 0.4) is 0 Å². The van der Waals surface area contributed by atoms with Crippen molar-refractivity contribution in [1.82, 2.24) is 4.57 Å². The summed E-state index contributed by atoms with van der Waals surface area (Å²) >= 11 is 0. The van der Waals surface area contributed by atoms with Crippen molar-refractivity contribution in [2.45, 2.75) is 51.7 Å². The maximum Gasteiger partial charge on any atom is 0.0553 e. The van der Waals surface area contributed by atoms with Crippen LogP contribution in [0.25, 0.3) is 10.9 Å². The monoisotopic (exact) mass is 257 g/mol. The standard InChI is InChI=1S/C17H23NO/c1-13(19)11-16-8-4-7-15-9-10-18(17(15)16)12-14-5-2-3-6-14/h4,7-10,13-14,19H,2-3,5-6,11-12H2,1H3. The summed E-state index contributed by atoms with van der Waals surface area (Å²) in [5.74, 6) is 0.843. The molecule has 0 bridgehead atoms. The second kappa shape index (κ2) is 5.38. The number of aliphatic hydroxyl groups is 1. The van der Waals surface area contributed by atoms with Crippen molar-refractivity contribution in [3.8, 4) is 0 Å². The number of aromatic nitrogens is 1. The molecule has 2 heteroatoms. The van der Waals surface area contributed by atoms with E-state index in [-0.39, 0.29) is 6.10 Å². The molecule has 1 fully saturated rings. The maximum atomic E-state index is 9.67. The van der Waals surface area contributed by atoms with Gasteiger partial charge in [0.25, 0.3) is 0 Å². The molecule has 102 valence electrons. The molecule has 3 rings (SSSR count). The van der Waals surface area contributed by atoms with Crippen LogP contribution in [-0.2, 0) is 13.0 Å². The Balaban J connectivity index is 1.94. The third kappa shape index (κ3) is 2.69. The minimum absolute atomic E-state index is 0.277. The summed E-state index contributed by atoms with van der Waals surface area (Å²) in [6.45, 7) is 3.00. The van der Waals surface area contributed by atoms with E-state index in [0.29, 0.717) is 0 Å². The molecule has 2 aromatic rings. The van der Waals surface area contributed by atoms with E-state index in [4.69, 9.17) is 0 Å². The van der Waals surface area contributed by atoms with Crippen molar-refractivity contribution < 1.29 is 5.11 Å². The molecular weight excluding hydrogens is 234 g/mol. The van der Waals surface area contributed by atoms with Gasteiger partial charge in [-0.2, -0.15) is 0 Å². The number of hydrogen-bond donors (Lipinski definition) is 1. The Morgan fingerprint density at radius 1 is 1.26 bits per heavy atom. The number of nitrogens with zero attached hydrogens (tertiary/aromatic N) is 1. The SMILES string of the molecule is CC(O)Cc1cccc2ccn(CC3CCCC3)c12. The second-order valence-electron chi connectivity index (χ2n) is 6.03. The molecule has 1 unspecified atom stereocenters. The predicted molar refractivity (Wildman–Crippen MR) is 79.3 cm³/mol. The molecular formula is C17H23NO. The Labute approximate surface area is 115 Å². The Kier molecular flexibility index (Phi) is 3.61. The molecule has 1 heterocycles. The van der Waals surface area contributed by atoms with Crippen molar-refractivity contribution in [3.05, 3.63) is 36.0 Å². The lowest BCUT2D eigenvalue weighted by Gasteiger charge is -2.14. The summed E-state index contributed by atoms with van der Waals surface area (Å²) in [5, 5.41) is 11.0. The lowest BCUT2D eigenvalue weighted by molar-refractivity contribution is 0.196. The van der Waals surface area contributed by atoms with Gasteiger partial charge < -0.3 is 9.67 Å². The molecule has 0 radical (unpaired) electrons. The number of aliphatic hydroxyl groups excluding tert-OH is 1. The third-order valence-corrected chi connectivity index (χ3v) is 4.32. The number of hydrogen-bond acceptors (Lipinski definition) is 1. The first-order valence-electron chi connectivity index (χ1n) is 7.49. The lowest BCUT2D eigenvalue weighted by Crippen LogP contribution is -2.09. The zero-order chi connectivity index (χ0) is 13.2. The van der Waals surface area contributed by atoms with Crippen molar-refractivity contribution in [2.75, 3.05) is 0 Å². The molecule has 0 aliphatic heterocycles. The first-order valence-corrected chi connectivity index (χ1v) is 7.49. The van der Waals surface area contributed by atoms with Gasteiger partial charge in [0.1, 0.15) is 0 Å². The molecule has 1 aliphatic rings. The van der Waals surface area contributed by atoms with Gasteiger partial charge in [0.2, 0.25) is 0 Å². The van der Waals surface area contributed by atoms with Crippen LogP contribution < -0.4 is 0 Å². The van der Waals surface area contributed by atoms with E-state index in [0.717, 1.165) is 18.9 Å². The molecule has 0 spiro atoms. The van der Waals surface area contributed by atoms with E-state index < -0.39 is 0 Å². The van der Waals surface area contributed by atoms with Crippen molar-refractivity contribution >= 4 is 10.9 Å². The molecule has 1 N–H and O–H groups in total. The predicted octanol–water partition coefficient (Wildman–Crippen LogP) is 3.75. The summed E-state index contributed by atoms with van der Waals surface area (Å²) in [4.78, 5) is 0. The molecule has 1 aromatic carbocycles. The Hall–Kier alpha value is -1.28. The summed E-state index contributed by atoms with van der Waals surface area (Å²) in [6.07, 6.45) is 8.21. The number of rotatable bonds is 4. The lowest BCUT2D eigenvalue weighted by atomic mass is 10.0. The van der Waals surface area contributed by atoms with E-state index in [1.165, 1.54) is 42.1 Å². The molecule has 19 heavy (non-hydrogen) atoms. The Morgan fingerprint density at radius 3 is 2.79 bits per heavy atom. The maximum absolute atomic E-state index is 9.67. The summed E-state index contributed by atoms with van der Waals surface area (Å²) < 4.78 is 2.41. The number of para-hydroxylation sites is 1. The van der Waals surface area contributed by atoms with E-state index in [2.05, 4.69) is 35.0 Å². The highest BCUT2D eigenvalue weighted by Gasteiger charge is 2.17. The normalized spacial score (nSPS) is 18.2. The van der Waals surface area contributed by atoms with Gasteiger partial charge in [-0.1, -0.05) is 31.0 Å². The first-order chi connectivity index (χ1) is 9.24. The Morgan fingerprint density at radius 2 is 2.05 bits per heavy atom. The highest BCUT2D eigenvalue weighted by molar-refractivity contribution is 5.83. The zero-order valence-corrected chi connectivity index (χ0v) is 11.7. The molecule has 1 saturated carbocycles. The fourth-order valence-electron chi connectivity index (χ4n) is 3.45. The molecule has 0 amide bonds. The van der Waals surface area contributed by atoms with Gasteiger partial charge in [0.15, 0.2) is 0 Å². The molecule has 1 atom stereocenters. The summed E-state index contributed by atoms with van der Waals surface area (Å²) in [5.41, 5.74) is 2.60. The van der Waals surface area contributed by atoms with Crippen LogP contribution in [0.2, 0.25) is 0 Å². The molecule has 0 saturated heterocycles. The van der Waals surface area contributed by atoms with Crippen LogP contribution in [0.15, 0.2) is 30.5 Å². The Bertz CT molecular complexity index is 549. The van der Waals surface area contributed by atoms with Gasteiger partial charge in [-0.15, -0.1) is 0 Å². The number of benzene rings is 1. The topological polar surface area (TPSA) is 25.2 Å². The van der Waals surface area contributed by atoms with Crippen molar-refractivity contribution in [3.63, 3.8) is 0 Å². The van der Waals surface area contributed by atoms with Gasteiger partial charge in [-0.3, -0.25) is 0 Å². The smallest absolute Gasteiger partial charge is 0.0553 e. The van der Waals surface area contributed by atoms with Crippen molar-refractivity contribution in [2.24, 2.45) is 5.92 Å².